The van der Waals surface area contributed by atoms with Crippen LogP contribution in [0.4, 0.5) is 0 Å². The topological polar surface area (TPSA) is 65.0 Å². The average Bonchev–Trinajstić information content (AvgIpc) is 2.34. The molecule has 0 bridgehead atoms. The molecule has 5 heteroatoms. The number of ether oxygens (including phenoxy) is 1. The van der Waals surface area contributed by atoms with Crippen molar-refractivity contribution in [1.29, 1.82) is 0 Å². The number of phenols is 1. The molecule has 1 aromatic rings. The SMILES string of the molecule is COc1ccc(C(C)NCC(C)(O)CN(C)C)c(O)c1. The fraction of sp³-hybridized carbons (Fsp3) is 0.600. The van der Waals surface area contributed by atoms with Crippen LogP contribution in [0, 0.1) is 0 Å². The molecule has 0 aromatic heterocycles. The molecular weight excluding hydrogens is 256 g/mol. The third-order valence-corrected chi connectivity index (χ3v) is 3.15. The van der Waals surface area contributed by atoms with Crippen LogP contribution in [0.15, 0.2) is 18.2 Å². The molecule has 2 unspecified atom stereocenters. The van der Waals surface area contributed by atoms with Crippen LogP contribution in [0.25, 0.3) is 0 Å². The second-order valence-corrected chi connectivity index (χ2v) is 5.76. The number of phenolic OH excluding ortho intramolecular Hbond substituents is 1. The molecule has 2 atom stereocenters. The third kappa shape index (κ3) is 5.00. The summed E-state index contributed by atoms with van der Waals surface area (Å²) in [6.07, 6.45) is 0. The molecule has 20 heavy (non-hydrogen) atoms. The summed E-state index contributed by atoms with van der Waals surface area (Å²) in [5.41, 5.74) is -0.0358. The van der Waals surface area contributed by atoms with Crippen LogP contribution in [-0.2, 0) is 0 Å². The predicted octanol–water partition coefficient (Wildman–Crippen LogP) is 1.36. The minimum atomic E-state index is -0.820. The lowest BCUT2D eigenvalue weighted by molar-refractivity contribution is 0.0317. The Labute approximate surface area is 121 Å². The van der Waals surface area contributed by atoms with Crippen LogP contribution in [0.5, 0.6) is 11.5 Å². The zero-order chi connectivity index (χ0) is 15.3. The Morgan fingerprint density at radius 3 is 2.55 bits per heavy atom. The van der Waals surface area contributed by atoms with Gasteiger partial charge in [0.1, 0.15) is 11.5 Å². The number of rotatable bonds is 7. The summed E-state index contributed by atoms with van der Waals surface area (Å²) in [7, 11) is 5.41. The van der Waals surface area contributed by atoms with Crippen LogP contribution < -0.4 is 10.1 Å². The Balaban J connectivity index is 2.65. The lowest BCUT2D eigenvalue weighted by Gasteiger charge is -2.29. The first-order chi connectivity index (χ1) is 9.25. The van der Waals surface area contributed by atoms with E-state index in [9.17, 15) is 10.2 Å². The molecule has 0 heterocycles. The summed E-state index contributed by atoms with van der Waals surface area (Å²) < 4.78 is 5.06. The smallest absolute Gasteiger partial charge is 0.124 e. The van der Waals surface area contributed by atoms with Crippen LogP contribution >= 0.6 is 0 Å². The number of nitrogens with one attached hydrogen (secondary N) is 1. The summed E-state index contributed by atoms with van der Waals surface area (Å²) >= 11 is 0. The van der Waals surface area contributed by atoms with Crippen LogP contribution in [0.3, 0.4) is 0 Å². The Morgan fingerprint density at radius 1 is 1.40 bits per heavy atom. The average molecular weight is 282 g/mol. The molecule has 0 fully saturated rings. The summed E-state index contributed by atoms with van der Waals surface area (Å²) in [5, 5.41) is 23.5. The van der Waals surface area contributed by atoms with Crippen molar-refractivity contribution in [2.75, 3.05) is 34.3 Å². The highest BCUT2D eigenvalue weighted by atomic mass is 16.5. The van der Waals surface area contributed by atoms with Crippen molar-refractivity contribution in [1.82, 2.24) is 10.2 Å². The lowest BCUT2D eigenvalue weighted by atomic mass is 10.0. The van der Waals surface area contributed by atoms with E-state index in [1.165, 1.54) is 0 Å². The van der Waals surface area contributed by atoms with Gasteiger partial charge in [-0.15, -0.1) is 0 Å². The van der Waals surface area contributed by atoms with E-state index in [0.717, 1.165) is 5.56 Å². The number of nitrogens with zero attached hydrogens (tertiary/aromatic N) is 1. The number of benzene rings is 1. The van der Waals surface area contributed by atoms with Crippen molar-refractivity contribution < 1.29 is 14.9 Å². The second kappa shape index (κ2) is 6.92. The molecule has 0 amide bonds. The molecule has 3 N–H and O–H groups in total. The highest BCUT2D eigenvalue weighted by Crippen LogP contribution is 2.28. The van der Waals surface area contributed by atoms with Crippen LogP contribution in [0.2, 0.25) is 0 Å². The standard InChI is InChI=1S/C15H26N2O3/c1-11(16-9-15(2,19)10-17(3)4)13-7-6-12(20-5)8-14(13)18/h6-8,11,16,18-19H,9-10H2,1-5H3. The fourth-order valence-corrected chi connectivity index (χ4v) is 2.24. The van der Waals surface area contributed by atoms with Crippen molar-refractivity contribution in [3.63, 3.8) is 0 Å². The van der Waals surface area contributed by atoms with Crippen LogP contribution in [-0.4, -0.2) is 55.0 Å². The van der Waals surface area contributed by atoms with Gasteiger partial charge in [-0.25, -0.2) is 0 Å². The quantitative estimate of drug-likeness (QED) is 0.705. The van der Waals surface area contributed by atoms with Gasteiger partial charge >= 0.3 is 0 Å². The molecule has 0 aliphatic rings. The first-order valence-corrected chi connectivity index (χ1v) is 6.72. The second-order valence-electron chi connectivity index (χ2n) is 5.76. The van der Waals surface area contributed by atoms with Crippen molar-refractivity contribution in [2.45, 2.75) is 25.5 Å². The minimum absolute atomic E-state index is 0.0606. The van der Waals surface area contributed by atoms with E-state index in [1.807, 2.05) is 38.1 Å². The Bertz CT molecular complexity index is 433. The normalized spacial score (nSPS) is 15.9. The highest BCUT2D eigenvalue weighted by Gasteiger charge is 2.22. The van der Waals surface area contributed by atoms with Gasteiger partial charge in [0.2, 0.25) is 0 Å². The van der Waals surface area contributed by atoms with E-state index >= 15 is 0 Å². The van der Waals surface area contributed by atoms with Gasteiger partial charge in [0.25, 0.3) is 0 Å². The molecule has 1 aromatic carbocycles. The number of hydrogen-bond acceptors (Lipinski definition) is 5. The van der Waals surface area contributed by atoms with Gasteiger partial charge in [0.15, 0.2) is 0 Å². The van der Waals surface area contributed by atoms with Gasteiger partial charge in [-0.3, -0.25) is 0 Å². The lowest BCUT2D eigenvalue weighted by Crippen LogP contribution is -2.46. The monoisotopic (exact) mass is 282 g/mol. The molecule has 5 nitrogen and oxygen atoms in total. The Hall–Kier alpha value is -1.30. The van der Waals surface area contributed by atoms with Gasteiger partial charge in [0.05, 0.1) is 12.7 Å². The maximum absolute atomic E-state index is 10.2. The van der Waals surface area contributed by atoms with Crippen molar-refractivity contribution in [3.05, 3.63) is 23.8 Å². The third-order valence-electron chi connectivity index (χ3n) is 3.15. The maximum atomic E-state index is 10.2. The maximum Gasteiger partial charge on any atom is 0.124 e. The first-order valence-electron chi connectivity index (χ1n) is 6.72. The minimum Gasteiger partial charge on any atom is -0.507 e. The van der Waals surface area contributed by atoms with E-state index in [2.05, 4.69) is 5.32 Å². The summed E-state index contributed by atoms with van der Waals surface area (Å²) in [6, 6.07) is 5.16. The number of aromatic hydroxyl groups is 1. The Morgan fingerprint density at radius 2 is 2.05 bits per heavy atom. The predicted molar refractivity (Wildman–Crippen MR) is 80.3 cm³/mol. The molecule has 0 aliphatic heterocycles. The molecule has 1 rings (SSSR count). The molecule has 0 radical (unpaired) electrons. The van der Waals surface area contributed by atoms with Gasteiger partial charge in [0, 0.05) is 30.8 Å². The van der Waals surface area contributed by atoms with E-state index in [-0.39, 0.29) is 11.8 Å². The van der Waals surface area contributed by atoms with E-state index < -0.39 is 5.60 Å². The summed E-state index contributed by atoms with van der Waals surface area (Å²) in [6.45, 7) is 4.76. The van der Waals surface area contributed by atoms with Gasteiger partial charge in [-0.1, -0.05) is 6.07 Å². The Kier molecular flexibility index (Phi) is 5.80. The summed E-state index contributed by atoms with van der Waals surface area (Å²) in [5.74, 6) is 0.814. The number of methoxy groups -OCH3 is 1. The largest absolute Gasteiger partial charge is 0.507 e. The molecule has 0 aliphatic carbocycles. The van der Waals surface area contributed by atoms with Gasteiger partial charge < -0.3 is 25.2 Å². The van der Waals surface area contributed by atoms with E-state index in [0.29, 0.717) is 18.8 Å². The molecule has 0 saturated heterocycles. The first kappa shape index (κ1) is 16.8. The molecular formula is C15H26N2O3. The van der Waals surface area contributed by atoms with Crippen LogP contribution in [0.1, 0.15) is 25.5 Å². The van der Waals surface area contributed by atoms with E-state index in [1.54, 1.807) is 20.1 Å². The number of hydrogen-bond donors (Lipinski definition) is 3. The zero-order valence-electron chi connectivity index (χ0n) is 13.0. The highest BCUT2D eigenvalue weighted by molar-refractivity contribution is 5.41. The number of aliphatic hydroxyl groups is 1. The van der Waals surface area contributed by atoms with Gasteiger partial charge in [-0.05, 0) is 34.0 Å². The van der Waals surface area contributed by atoms with Crippen molar-refractivity contribution in [2.24, 2.45) is 0 Å². The number of likely N-dealkylation sites (N-methyl/N-ethyl adjacent to an activating group) is 1. The fourth-order valence-electron chi connectivity index (χ4n) is 2.24. The van der Waals surface area contributed by atoms with Crippen molar-refractivity contribution in [3.8, 4) is 11.5 Å². The van der Waals surface area contributed by atoms with Crippen molar-refractivity contribution >= 4 is 0 Å². The zero-order valence-corrected chi connectivity index (χ0v) is 13.0. The van der Waals surface area contributed by atoms with Gasteiger partial charge in [-0.2, -0.15) is 0 Å². The molecule has 114 valence electrons. The van der Waals surface area contributed by atoms with E-state index in [4.69, 9.17) is 4.74 Å². The molecule has 0 saturated carbocycles. The summed E-state index contributed by atoms with van der Waals surface area (Å²) in [4.78, 5) is 1.94. The molecule has 0 spiro atoms.